The molecule has 2 atom stereocenters. The van der Waals surface area contributed by atoms with E-state index >= 15 is 0 Å². The van der Waals surface area contributed by atoms with Gasteiger partial charge in [-0.2, -0.15) is 4.98 Å². The molecule has 0 spiro atoms. The lowest BCUT2D eigenvalue weighted by Gasteiger charge is -2.19. The van der Waals surface area contributed by atoms with Gasteiger partial charge in [-0.3, -0.25) is 0 Å². The highest BCUT2D eigenvalue weighted by Crippen LogP contribution is 2.29. The molecule has 2 unspecified atom stereocenters. The third kappa shape index (κ3) is 3.00. The smallest absolute Gasteiger partial charge is 0.218 e. The number of hydrogen-bond donors (Lipinski definition) is 1. The molecule has 5 heteroatoms. The highest BCUT2D eigenvalue weighted by Gasteiger charge is 2.26. The third-order valence-electron chi connectivity index (χ3n) is 3.21. The van der Waals surface area contributed by atoms with Crippen LogP contribution in [-0.2, 0) is 0 Å². The molecule has 1 N–H and O–H groups in total. The van der Waals surface area contributed by atoms with E-state index in [2.05, 4.69) is 15.3 Å². The van der Waals surface area contributed by atoms with Gasteiger partial charge in [-0.05, 0) is 25.7 Å². The third-order valence-corrected chi connectivity index (χ3v) is 3.61. The summed E-state index contributed by atoms with van der Waals surface area (Å²) in [6.45, 7) is 1.86. The Morgan fingerprint density at radius 1 is 1.47 bits per heavy atom. The molecule has 0 saturated heterocycles. The summed E-state index contributed by atoms with van der Waals surface area (Å²) >= 11 is 5.96. The average molecular weight is 256 g/mol. The maximum atomic E-state index is 5.96. The van der Waals surface area contributed by atoms with Crippen LogP contribution in [0.5, 0.6) is 5.88 Å². The van der Waals surface area contributed by atoms with Gasteiger partial charge in [0.15, 0.2) is 0 Å². The van der Waals surface area contributed by atoms with Gasteiger partial charge in [-0.1, -0.05) is 6.42 Å². The molecule has 1 saturated carbocycles. The van der Waals surface area contributed by atoms with Crippen LogP contribution in [-0.4, -0.2) is 29.0 Å². The number of methoxy groups -OCH3 is 1. The fourth-order valence-electron chi connectivity index (χ4n) is 2.32. The Balaban J connectivity index is 2.09. The molecular weight excluding hydrogens is 238 g/mol. The van der Waals surface area contributed by atoms with Crippen molar-refractivity contribution < 1.29 is 4.74 Å². The quantitative estimate of drug-likeness (QED) is 0.841. The second-order valence-electron chi connectivity index (χ2n) is 4.44. The van der Waals surface area contributed by atoms with Gasteiger partial charge in [0.1, 0.15) is 11.6 Å². The number of hydrogen-bond acceptors (Lipinski definition) is 4. The van der Waals surface area contributed by atoms with Crippen LogP contribution >= 0.6 is 11.6 Å². The molecule has 2 rings (SSSR count). The summed E-state index contributed by atoms with van der Waals surface area (Å²) in [6, 6.07) is 2.25. The fraction of sp³-hybridized carbons (Fsp3) is 0.667. The van der Waals surface area contributed by atoms with Crippen LogP contribution in [0.15, 0.2) is 6.07 Å². The summed E-state index contributed by atoms with van der Waals surface area (Å²) in [4.78, 5) is 8.54. The highest BCUT2D eigenvalue weighted by molar-refractivity contribution is 6.18. The number of rotatable bonds is 4. The van der Waals surface area contributed by atoms with E-state index in [9.17, 15) is 0 Å². The van der Waals surface area contributed by atoms with Crippen molar-refractivity contribution in [2.75, 3.05) is 18.3 Å². The molecule has 0 aromatic carbocycles. The molecule has 1 aromatic rings. The molecule has 17 heavy (non-hydrogen) atoms. The molecular formula is C12H18ClN3O. The monoisotopic (exact) mass is 255 g/mol. The SMILES string of the molecule is COc1cc(NC2CCCC2CCl)nc(C)n1. The van der Waals surface area contributed by atoms with Crippen LogP contribution in [0.3, 0.4) is 0 Å². The molecule has 1 aliphatic carbocycles. The molecule has 1 fully saturated rings. The van der Waals surface area contributed by atoms with Crippen molar-refractivity contribution in [1.82, 2.24) is 9.97 Å². The number of ether oxygens (including phenoxy) is 1. The number of anilines is 1. The van der Waals surface area contributed by atoms with Gasteiger partial charge in [0.2, 0.25) is 5.88 Å². The van der Waals surface area contributed by atoms with Gasteiger partial charge in [-0.15, -0.1) is 11.6 Å². The van der Waals surface area contributed by atoms with E-state index in [-0.39, 0.29) is 0 Å². The lowest BCUT2D eigenvalue weighted by atomic mass is 10.1. The number of aryl methyl sites for hydroxylation is 1. The van der Waals surface area contributed by atoms with Crippen molar-refractivity contribution in [1.29, 1.82) is 0 Å². The first-order chi connectivity index (χ1) is 8.22. The first-order valence-corrected chi connectivity index (χ1v) is 6.48. The molecule has 0 amide bonds. The Hall–Kier alpha value is -1.03. The fourth-order valence-corrected chi connectivity index (χ4v) is 2.69. The topological polar surface area (TPSA) is 47.0 Å². The van der Waals surface area contributed by atoms with Gasteiger partial charge in [-0.25, -0.2) is 4.98 Å². The number of alkyl halides is 1. The normalized spacial score (nSPS) is 23.7. The number of nitrogens with zero attached hydrogens (tertiary/aromatic N) is 2. The standard InChI is InChI=1S/C12H18ClN3O/c1-8-14-11(6-12(15-8)17-2)16-10-5-3-4-9(10)7-13/h6,9-10H,3-5,7H2,1-2H3,(H,14,15,16). The van der Waals surface area contributed by atoms with Crippen LogP contribution in [0.2, 0.25) is 0 Å². The summed E-state index contributed by atoms with van der Waals surface area (Å²) in [6.07, 6.45) is 3.58. The number of aromatic nitrogens is 2. The zero-order valence-electron chi connectivity index (χ0n) is 10.2. The van der Waals surface area contributed by atoms with E-state index in [1.54, 1.807) is 7.11 Å². The second kappa shape index (κ2) is 5.54. The zero-order chi connectivity index (χ0) is 12.3. The van der Waals surface area contributed by atoms with Gasteiger partial charge < -0.3 is 10.1 Å². The lowest BCUT2D eigenvalue weighted by molar-refractivity contribution is 0.395. The zero-order valence-corrected chi connectivity index (χ0v) is 11.0. The van der Waals surface area contributed by atoms with Crippen molar-refractivity contribution in [3.05, 3.63) is 11.9 Å². The first-order valence-electron chi connectivity index (χ1n) is 5.95. The Bertz CT molecular complexity index is 386. The second-order valence-corrected chi connectivity index (χ2v) is 4.75. The minimum atomic E-state index is 0.423. The Kier molecular flexibility index (Phi) is 4.05. The van der Waals surface area contributed by atoms with E-state index < -0.39 is 0 Å². The highest BCUT2D eigenvalue weighted by atomic mass is 35.5. The van der Waals surface area contributed by atoms with Gasteiger partial charge in [0.05, 0.1) is 7.11 Å². The van der Waals surface area contributed by atoms with Crippen LogP contribution in [0.1, 0.15) is 25.1 Å². The maximum Gasteiger partial charge on any atom is 0.218 e. The van der Waals surface area contributed by atoms with Gasteiger partial charge >= 0.3 is 0 Å². The van der Waals surface area contributed by atoms with E-state index in [1.807, 2.05) is 13.0 Å². The van der Waals surface area contributed by atoms with Gasteiger partial charge in [0, 0.05) is 18.0 Å². The van der Waals surface area contributed by atoms with Crippen LogP contribution in [0.25, 0.3) is 0 Å². The Morgan fingerprint density at radius 2 is 2.29 bits per heavy atom. The first kappa shape index (κ1) is 12.4. The van der Waals surface area contributed by atoms with Crippen LogP contribution in [0.4, 0.5) is 5.82 Å². The molecule has 0 bridgehead atoms. The minimum Gasteiger partial charge on any atom is -0.481 e. The van der Waals surface area contributed by atoms with E-state index in [4.69, 9.17) is 16.3 Å². The molecule has 1 aliphatic rings. The van der Waals surface area contributed by atoms with Crippen LogP contribution < -0.4 is 10.1 Å². The summed E-state index contributed by atoms with van der Waals surface area (Å²) in [5.41, 5.74) is 0. The Morgan fingerprint density at radius 3 is 3.00 bits per heavy atom. The Labute approximate surface area is 107 Å². The largest absolute Gasteiger partial charge is 0.481 e. The van der Waals surface area contributed by atoms with Crippen molar-refractivity contribution in [3.8, 4) is 5.88 Å². The molecule has 1 heterocycles. The summed E-state index contributed by atoms with van der Waals surface area (Å²) in [7, 11) is 1.61. The van der Waals surface area contributed by atoms with Crippen LogP contribution in [0, 0.1) is 12.8 Å². The van der Waals surface area contributed by atoms with E-state index in [1.165, 1.54) is 12.8 Å². The van der Waals surface area contributed by atoms with E-state index in [0.717, 1.165) is 12.2 Å². The minimum absolute atomic E-state index is 0.423. The molecule has 94 valence electrons. The number of nitrogens with one attached hydrogen (secondary N) is 1. The predicted molar refractivity (Wildman–Crippen MR) is 68.8 cm³/mol. The predicted octanol–water partition coefficient (Wildman–Crippen LogP) is 2.61. The molecule has 1 aromatic heterocycles. The summed E-state index contributed by atoms with van der Waals surface area (Å²) < 4.78 is 5.14. The van der Waals surface area contributed by atoms with Crippen molar-refractivity contribution in [3.63, 3.8) is 0 Å². The molecule has 4 nitrogen and oxygen atoms in total. The van der Waals surface area contributed by atoms with Gasteiger partial charge in [0.25, 0.3) is 0 Å². The van der Waals surface area contributed by atoms with Crippen molar-refractivity contribution in [2.24, 2.45) is 5.92 Å². The maximum absolute atomic E-state index is 5.96. The molecule has 0 radical (unpaired) electrons. The van der Waals surface area contributed by atoms with Crippen molar-refractivity contribution in [2.45, 2.75) is 32.2 Å². The van der Waals surface area contributed by atoms with Crippen molar-refractivity contribution >= 4 is 17.4 Å². The van der Waals surface area contributed by atoms with E-state index in [0.29, 0.717) is 29.5 Å². The lowest BCUT2D eigenvalue weighted by Crippen LogP contribution is -2.25. The number of halogens is 1. The molecule has 0 aliphatic heterocycles. The summed E-state index contributed by atoms with van der Waals surface area (Å²) in [5, 5.41) is 3.44. The summed E-state index contributed by atoms with van der Waals surface area (Å²) in [5.74, 6) is 3.39. The average Bonchev–Trinajstić information content (AvgIpc) is 2.75.